The van der Waals surface area contributed by atoms with Crippen LogP contribution in [0.3, 0.4) is 0 Å². The first-order valence-corrected chi connectivity index (χ1v) is 10.9. The average Bonchev–Trinajstić information content (AvgIpc) is 3.22. The second kappa shape index (κ2) is 9.86. The monoisotopic (exact) mass is 468 g/mol. The maximum atomic E-state index is 5.94. The first-order valence-electron chi connectivity index (χ1n) is 9.25. The molecule has 0 saturated heterocycles. The molecule has 0 aliphatic carbocycles. The van der Waals surface area contributed by atoms with E-state index in [-0.39, 0.29) is 0 Å². The van der Waals surface area contributed by atoms with Crippen LogP contribution in [-0.2, 0) is 6.54 Å². The molecule has 3 aromatic heterocycles. The molecule has 7 nitrogen and oxygen atoms in total. The molecular formula is C21H17ClN6OS2. The van der Waals surface area contributed by atoms with E-state index in [9.17, 15) is 0 Å². The highest BCUT2D eigenvalue weighted by Gasteiger charge is 2.09. The lowest BCUT2D eigenvalue weighted by Crippen LogP contribution is -2.28. The number of anilines is 1. The van der Waals surface area contributed by atoms with Crippen molar-refractivity contribution in [3.8, 4) is 11.3 Å². The number of rotatable bonds is 6. The molecule has 0 spiro atoms. The smallest absolute Gasteiger partial charge is 0.230 e. The molecule has 0 amide bonds. The Hall–Kier alpha value is -3.01. The molecule has 3 heterocycles. The van der Waals surface area contributed by atoms with Crippen molar-refractivity contribution in [3.05, 3.63) is 77.4 Å². The van der Waals surface area contributed by atoms with Gasteiger partial charge in [-0.3, -0.25) is 0 Å². The van der Waals surface area contributed by atoms with Gasteiger partial charge >= 0.3 is 0 Å². The summed E-state index contributed by atoms with van der Waals surface area (Å²) in [6.07, 6.45) is 3.38. The van der Waals surface area contributed by atoms with Crippen LogP contribution in [0.1, 0.15) is 11.5 Å². The van der Waals surface area contributed by atoms with Crippen LogP contribution in [-0.4, -0.2) is 25.0 Å². The van der Waals surface area contributed by atoms with Crippen LogP contribution in [0.4, 0.5) is 5.95 Å². The van der Waals surface area contributed by atoms with Gasteiger partial charge in [-0.1, -0.05) is 11.6 Å². The molecule has 0 bridgehead atoms. The minimum absolute atomic E-state index is 0.391. The van der Waals surface area contributed by atoms with Crippen LogP contribution in [0.5, 0.6) is 0 Å². The van der Waals surface area contributed by atoms with Crippen LogP contribution in [0, 0.1) is 6.92 Å². The Labute approximate surface area is 193 Å². The largest absolute Gasteiger partial charge is 0.459 e. The van der Waals surface area contributed by atoms with Gasteiger partial charge in [0, 0.05) is 28.7 Å². The molecule has 0 aliphatic heterocycles. The van der Waals surface area contributed by atoms with Crippen molar-refractivity contribution in [3.63, 3.8) is 0 Å². The normalized spacial score (nSPS) is 10.6. The van der Waals surface area contributed by atoms with Crippen molar-refractivity contribution in [2.75, 3.05) is 5.32 Å². The average molecular weight is 469 g/mol. The number of furan rings is 1. The van der Waals surface area contributed by atoms with E-state index in [2.05, 4.69) is 30.6 Å². The number of aromatic nitrogens is 4. The maximum Gasteiger partial charge on any atom is 0.230 e. The summed E-state index contributed by atoms with van der Waals surface area (Å²) in [5.41, 5.74) is 1.76. The van der Waals surface area contributed by atoms with Crippen LogP contribution >= 0.6 is 35.6 Å². The fourth-order valence-corrected chi connectivity index (χ4v) is 3.70. The zero-order valence-corrected chi connectivity index (χ0v) is 18.8. The number of halogens is 1. The highest BCUT2D eigenvalue weighted by atomic mass is 35.5. The van der Waals surface area contributed by atoms with Gasteiger partial charge in [0.05, 0.1) is 6.54 Å². The van der Waals surface area contributed by atoms with E-state index in [1.165, 1.54) is 11.8 Å². The van der Waals surface area contributed by atoms with Gasteiger partial charge in [-0.25, -0.2) is 19.9 Å². The van der Waals surface area contributed by atoms with Crippen molar-refractivity contribution >= 4 is 46.6 Å². The summed E-state index contributed by atoms with van der Waals surface area (Å²) < 4.78 is 5.87. The molecule has 0 unspecified atom stereocenters. The Morgan fingerprint density at radius 3 is 2.65 bits per heavy atom. The molecule has 0 fully saturated rings. The van der Waals surface area contributed by atoms with Crippen molar-refractivity contribution in [1.82, 2.24) is 25.3 Å². The standard InChI is InChI=1S/C21H17ClN6OS2/c1-13-11-18(31-21-23-9-2-10-24-21)27-19(26-13)28-20(30)25-12-16-7-8-17(29-16)14-3-5-15(22)6-4-14/h2-11H,12H2,1H3,(H2,25,26,27,28,30). The molecule has 2 N–H and O–H groups in total. The van der Waals surface area contributed by atoms with E-state index in [1.807, 2.05) is 49.4 Å². The lowest BCUT2D eigenvalue weighted by Gasteiger charge is -2.10. The Bertz CT molecular complexity index is 1180. The quantitative estimate of drug-likeness (QED) is 0.227. The zero-order valence-electron chi connectivity index (χ0n) is 16.4. The molecule has 4 rings (SSSR count). The summed E-state index contributed by atoms with van der Waals surface area (Å²) >= 11 is 12.7. The third-order valence-electron chi connectivity index (χ3n) is 4.01. The Kier molecular flexibility index (Phi) is 6.76. The number of benzene rings is 1. The van der Waals surface area contributed by atoms with E-state index in [0.717, 1.165) is 27.8 Å². The lowest BCUT2D eigenvalue weighted by atomic mass is 10.2. The number of hydrogen-bond acceptors (Lipinski definition) is 7. The summed E-state index contributed by atoms with van der Waals surface area (Å²) in [5.74, 6) is 1.91. The molecule has 31 heavy (non-hydrogen) atoms. The number of nitrogens with one attached hydrogen (secondary N) is 2. The van der Waals surface area contributed by atoms with Gasteiger partial charge in [-0.15, -0.1) is 0 Å². The molecular weight excluding hydrogens is 452 g/mol. The molecule has 0 radical (unpaired) electrons. The van der Waals surface area contributed by atoms with Gasteiger partial charge in [0.1, 0.15) is 16.5 Å². The zero-order chi connectivity index (χ0) is 21.6. The van der Waals surface area contributed by atoms with E-state index in [0.29, 0.717) is 27.8 Å². The van der Waals surface area contributed by atoms with Gasteiger partial charge in [-0.2, -0.15) is 0 Å². The van der Waals surface area contributed by atoms with Gasteiger partial charge < -0.3 is 15.1 Å². The first-order chi connectivity index (χ1) is 15.0. The van der Waals surface area contributed by atoms with E-state index in [1.54, 1.807) is 18.5 Å². The van der Waals surface area contributed by atoms with Crippen LogP contribution in [0.15, 0.2) is 75.5 Å². The molecule has 0 aliphatic rings. The van der Waals surface area contributed by atoms with Crippen molar-refractivity contribution in [1.29, 1.82) is 0 Å². The van der Waals surface area contributed by atoms with Gasteiger partial charge in [0.15, 0.2) is 10.3 Å². The predicted molar refractivity (Wildman–Crippen MR) is 125 cm³/mol. The van der Waals surface area contributed by atoms with Crippen molar-refractivity contribution in [2.45, 2.75) is 23.7 Å². The van der Waals surface area contributed by atoms with Gasteiger partial charge in [0.25, 0.3) is 0 Å². The topological polar surface area (TPSA) is 88.8 Å². The second-order valence-electron chi connectivity index (χ2n) is 6.39. The van der Waals surface area contributed by atoms with Crippen molar-refractivity contribution < 1.29 is 4.42 Å². The summed E-state index contributed by atoms with van der Waals surface area (Å²) in [5, 5.41) is 8.53. The van der Waals surface area contributed by atoms with Gasteiger partial charge in [0.2, 0.25) is 5.95 Å². The number of nitrogens with zero attached hydrogens (tertiary/aromatic N) is 4. The molecule has 10 heteroatoms. The molecule has 0 atom stereocenters. The van der Waals surface area contributed by atoms with Crippen LogP contribution < -0.4 is 10.6 Å². The third-order valence-corrected chi connectivity index (χ3v) is 5.32. The Balaban J connectivity index is 1.35. The Morgan fingerprint density at radius 1 is 1.10 bits per heavy atom. The third kappa shape index (κ3) is 6.00. The predicted octanol–water partition coefficient (Wildman–Crippen LogP) is 5.13. The second-order valence-corrected chi connectivity index (χ2v) is 8.22. The number of aryl methyl sites for hydroxylation is 1. The van der Waals surface area contributed by atoms with E-state index < -0.39 is 0 Å². The fourth-order valence-electron chi connectivity index (χ4n) is 2.63. The molecule has 156 valence electrons. The molecule has 4 aromatic rings. The molecule has 1 aromatic carbocycles. The number of thiocarbonyl (C=S) groups is 1. The van der Waals surface area contributed by atoms with Crippen LogP contribution in [0.2, 0.25) is 5.02 Å². The highest BCUT2D eigenvalue weighted by molar-refractivity contribution is 7.99. The van der Waals surface area contributed by atoms with Crippen LogP contribution in [0.25, 0.3) is 11.3 Å². The number of hydrogen-bond donors (Lipinski definition) is 2. The summed E-state index contributed by atoms with van der Waals surface area (Å²) in [6, 6.07) is 14.9. The highest BCUT2D eigenvalue weighted by Crippen LogP contribution is 2.24. The summed E-state index contributed by atoms with van der Waals surface area (Å²) in [6.45, 7) is 2.31. The maximum absolute atomic E-state index is 5.94. The van der Waals surface area contributed by atoms with Gasteiger partial charge in [-0.05, 0) is 79.4 Å². The van der Waals surface area contributed by atoms with E-state index >= 15 is 0 Å². The lowest BCUT2D eigenvalue weighted by molar-refractivity contribution is 0.516. The summed E-state index contributed by atoms with van der Waals surface area (Å²) in [7, 11) is 0. The fraction of sp³-hybridized carbons (Fsp3) is 0.0952. The minimum Gasteiger partial charge on any atom is -0.459 e. The Morgan fingerprint density at radius 2 is 1.87 bits per heavy atom. The SMILES string of the molecule is Cc1cc(Sc2ncccn2)nc(NC(=S)NCc2ccc(-c3ccc(Cl)cc3)o2)n1. The first kappa shape index (κ1) is 21.2. The summed E-state index contributed by atoms with van der Waals surface area (Å²) in [4.78, 5) is 17.3. The molecule has 0 saturated carbocycles. The van der Waals surface area contributed by atoms with Crippen molar-refractivity contribution in [2.24, 2.45) is 0 Å². The minimum atomic E-state index is 0.391. The van der Waals surface area contributed by atoms with E-state index in [4.69, 9.17) is 28.2 Å².